The lowest BCUT2D eigenvalue weighted by Crippen LogP contribution is -2.28. The maximum Gasteiger partial charge on any atom is 0.417 e. The van der Waals surface area contributed by atoms with Gasteiger partial charge in [-0.15, -0.1) is 0 Å². The van der Waals surface area contributed by atoms with Crippen molar-refractivity contribution in [3.8, 4) is 0 Å². The zero-order valence-electron chi connectivity index (χ0n) is 13.1. The molecule has 1 saturated heterocycles. The van der Waals surface area contributed by atoms with Gasteiger partial charge < -0.3 is 10.1 Å². The second-order valence-corrected chi connectivity index (χ2v) is 5.92. The largest absolute Gasteiger partial charge is 0.417 e. The fourth-order valence-electron chi connectivity index (χ4n) is 2.97. The zero-order valence-corrected chi connectivity index (χ0v) is 13.1. The number of alkyl halides is 3. The molecule has 2 atom stereocenters. The molecule has 3 rings (SSSR count). The molecule has 0 radical (unpaired) electrons. The molecule has 128 valence electrons. The molecule has 0 amide bonds. The van der Waals surface area contributed by atoms with Gasteiger partial charge in [-0.05, 0) is 30.5 Å². The van der Waals surface area contributed by atoms with Gasteiger partial charge in [0, 0.05) is 25.3 Å². The second-order valence-electron chi connectivity index (χ2n) is 5.92. The van der Waals surface area contributed by atoms with Crippen LogP contribution in [0.2, 0.25) is 0 Å². The number of hydrogen-bond donors (Lipinski definition) is 1. The lowest BCUT2D eigenvalue weighted by Gasteiger charge is -2.32. The molecule has 0 bridgehead atoms. The van der Waals surface area contributed by atoms with Crippen molar-refractivity contribution in [3.63, 3.8) is 0 Å². The Morgan fingerprint density at radius 3 is 2.58 bits per heavy atom. The number of benzene rings is 1. The fraction of sp³-hybridized carbons (Fsp3) is 0.389. The number of hydrogen-bond acceptors (Lipinski definition) is 3. The van der Waals surface area contributed by atoms with Gasteiger partial charge in [0.2, 0.25) is 0 Å². The number of halogens is 3. The molecule has 1 aliphatic heterocycles. The smallest absolute Gasteiger partial charge is 0.373 e. The monoisotopic (exact) mass is 336 g/mol. The highest BCUT2D eigenvalue weighted by atomic mass is 19.4. The normalized spacial score (nSPS) is 21.5. The summed E-state index contributed by atoms with van der Waals surface area (Å²) in [5.41, 5.74) is 0.389. The molecular weight excluding hydrogens is 317 g/mol. The van der Waals surface area contributed by atoms with Crippen LogP contribution >= 0.6 is 0 Å². The average Bonchev–Trinajstić information content (AvgIpc) is 2.60. The minimum absolute atomic E-state index is 0.00176. The van der Waals surface area contributed by atoms with Crippen molar-refractivity contribution in [1.29, 1.82) is 0 Å². The molecule has 0 spiro atoms. The highest BCUT2D eigenvalue weighted by Gasteiger charge is 2.31. The number of nitrogens with one attached hydrogen (secondary N) is 1. The standard InChI is InChI=1S/C18H19F3N2O/c19-18(20,21)15-8-9-16(23-12-15)22-11-14-7-4-10-24-17(14)13-5-2-1-3-6-13/h1-3,5-6,8-9,12,14,17H,4,7,10-11H2,(H,22,23). The van der Waals surface area contributed by atoms with Gasteiger partial charge in [0.1, 0.15) is 5.82 Å². The second kappa shape index (κ2) is 7.21. The highest BCUT2D eigenvalue weighted by molar-refractivity contribution is 5.36. The van der Waals surface area contributed by atoms with Crippen LogP contribution in [0.1, 0.15) is 30.1 Å². The summed E-state index contributed by atoms with van der Waals surface area (Å²) in [6, 6.07) is 12.4. The summed E-state index contributed by atoms with van der Waals surface area (Å²) in [4.78, 5) is 3.86. The van der Waals surface area contributed by atoms with E-state index in [4.69, 9.17) is 4.74 Å². The molecule has 1 fully saturated rings. The van der Waals surface area contributed by atoms with E-state index in [9.17, 15) is 13.2 Å². The van der Waals surface area contributed by atoms with Gasteiger partial charge in [0.05, 0.1) is 11.7 Å². The van der Waals surface area contributed by atoms with Gasteiger partial charge in [0.15, 0.2) is 0 Å². The van der Waals surface area contributed by atoms with E-state index in [0.29, 0.717) is 12.4 Å². The molecule has 24 heavy (non-hydrogen) atoms. The van der Waals surface area contributed by atoms with Crippen molar-refractivity contribution < 1.29 is 17.9 Å². The third kappa shape index (κ3) is 4.06. The lowest BCUT2D eigenvalue weighted by molar-refractivity contribution is -0.137. The van der Waals surface area contributed by atoms with Gasteiger partial charge in [0.25, 0.3) is 0 Å². The van der Waals surface area contributed by atoms with E-state index in [1.807, 2.05) is 30.3 Å². The number of anilines is 1. The van der Waals surface area contributed by atoms with Crippen LogP contribution in [0.5, 0.6) is 0 Å². The minimum Gasteiger partial charge on any atom is -0.373 e. The molecule has 6 heteroatoms. The summed E-state index contributed by atoms with van der Waals surface area (Å²) >= 11 is 0. The summed E-state index contributed by atoms with van der Waals surface area (Å²) in [7, 11) is 0. The van der Waals surface area contributed by atoms with Crippen molar-refractivity contribution in [1.82, 2.24) is 4.98 Å². The topological polar surface area (TPSA) is 34.1 Å². The quantitative estimate of drug-likeness (QED) is 0.880. The predicted octanol–water partition coefficient (Wildman–Crippen LogP) is 4.68. The number of pyridine rings is 1. The van der Waals surface area contributed by atoms with Crippen LogP contribution in [0.15, 0.2) is 48.7 Å². The summed E-state index contributed by atoms with van der Waals surface area (Å²) in [6.45, 7) is 1.34. The Bertz CT molecular complexity index is 644. The number of aromatic nitrogens is 1. The Morgan fingerprint density at radius 2 is 1.92 bits per heavy atom. The van der Waals surface area contributed by atoms with E-state index in [0.717, 1.165) is 37.3 Å². The first-order valence-corrected chi connectivity index (χ1v) is 7.98. The van der Waals surface area contributed by atoms with Gasteiger partial charge in [-0.3, -0.25) is 0 Å². The molecule has 2 aromatic rings. The maximum atomic E-state index is 12.6. The summed E-state index contributed by atoms with van der Waals surface area (Å²) in [5.74, 6) is 0.700. The Labute approximate surface area is 138 Å². The Kier molecular flexibility index (Phi) is 5.04. The Hall–Kier alpha value is -2.08. The highest BCUT2D eigenvalue weighted by Crippen LogP contribution is 2.34. The molecule has 0 saturated carbocycles. The summed E-state index contributed by atoms with van der Waals surface area (Å²) in [5, 5.41) is 3.13. The van der Waals surface area contributed by atoms with Gasteiger partial charge in [-0.25, -0.2) is 4.98 Å². The zero-order chi connectivity index (χ0) is 17.0. The van der Waals surface area contributed by atoms with E-state index >= 15 is 0 Å². The van der Waals surface area contributed by atoms with Gasteiger partial charge >= 0.3 is 6.18 Å². The van der Waals surface area contributed by atoms with Crippen molar-refractivity contribution in [2.24, 2.45) is 5.92 Å². The molecular formula is C18H19F3N2O. The first-order valence-electron chi connectivity index (χ1n) is 7.98. The molecule has 2 heterocycles. The minimum atomic E-state index is -4.36. The van der Waals surface area contributed by atoms with E-state index in [-0.39, 0.29) is 12.0 Å². The number of nitrogens with zero attached hydrogens (tertiary/aromatic N) is 1. The SMILES string of the molecule is FC(F)(F)c1ccc(NCC2CCCOC2c2ccccc2)nc1. The number of ether oxygens (including phenoxy) is 1. The fourth-order valence-corrected chi connectivity index (χ4v) is 2.97. The van der Waals surface area contributed by atoms with Crippen LogP contribution < -0.4 is 5.32 Å². The van der Waals surface area contributed by atoms with Gasteiger partial charge in [-0.2, -0.15) is 13.2 Å². The van der Waals surface area contributed by atoms with Crippen molar-refractivity contribution in [2.45, 2.75) is 25.1 Å². The first-order chi connectivity index (χ1) is 11.5. The van der Waals surface area contributed by atoms with Crippen LogP contribution in [0.3, 0.4) is 0 Å². The Morgan fingerprint density at radius 1 is 1.12 bits per heavy atom. The van der Waals surface area contributed by atoms with Crippen molar-refractivity contribution in [3.05, 3.63) is 59.8 Å². The van der Waals surface area contributed by atoms with E-state index in [2.05, 4.69) is 10.3 Å². The van der Waals surface area contributed by atoms with E-state index in [1.54, 1.807) is 0 Å². The lowest BCUT2D eigenvalue weighted by atomic mass is 9.89. The summed E-state index contributed by atoms with van der Waals surface area (Å²) in [6.07, 6.45) is -1.51. The molecule has 0 aliphatic carbocycles. The summed E-state index contributed by atoms with van der Waals surface area (Å²) < 4.78 is 43.6. The van der Waals surface area contributed by atoms with Crippen LogP contribution in [-0.4, -0.2) is 18.1 Å². The van der Waals surface area contributed by atoms with Crippen LogP contribution in [0.25, 0.3) is 0 Å². The maximum absolute atomic E-state index is 12.6. The molecule has 2 unspecified atom stereocenters. The van der Waals surface area contributed by atoms with Crippen LogP contribution in [0, 0.1) is 5.92 Å². The van der Waals surface area contributed by atoms with Gasteiger partial charge in [-0.1, -0.05) is 30.3 Å². The van der Waals surface area contributed by atoms with E-state index < -0.39 is 11.7 Å². The van der Waals surface area contributed by atoms with Crippen LogP contribution in [-0.2, 0) is 10.9 Å². The first kappa shape index (κ1) is 16.8. The third-order valence-corrected chi connectivity index (χ3v) is 4.21. The molecule has 1 aromatic heterocycles. The average molecular weight is 336 g/mol. The Balaban J connectivity index is 1.64. The molecule has 1 aromatic carbocycles. The predicted molar refractivity (Wildman–Crippen MR) is 85.6 cm³/mol. The molecule has 1 N–H and O–H groups in total. The third-order valence-electron chi connectivity index (χ3n) is 4.21. The molecule has 3 nitrogen and oxygen atoms in total. The van der Waals surface area contributed by atoms with Crippen molar-refractivity contribution >= 4 is 5.82 Å². The van der Waals surface area contributed by atoms with Crippen LogP contribution in [0.4, 0.5) is 19.0 Å². The van der Waals surface area contributed by atoms with E-state index in [1.165, 1.54) is 6.07 Å². The number of rotatable bonds is 4. The molecule has 1 aliphatic rings. The van der Waals surface area contributed by atoms with Crippen molar-refractivity contribution in [2.75, 3.05) is 18.5 Å².